The van der Waals surface area contributed by atoms with Crippen molar-refractivity contribution < 1.29 is 19.8 Å². The van der Waals surface area contributed by atoms with Crippen LogP contribution in [0.25, 0.3) is 0 Å². The number of aliphatic hydroxyl groups is 2. The van der Waals surface area contributed by atoms with Crippen molar-refractivity contribution in [1.82, 2.24) is 25.1 Å². The van der Waals surface area contributed by atoms with Crippen molar-refractivity contribution in [3.63, 3.8) is 0 Å². The number of amides is 1. The number of nitrogens with one attached hydrogen (secondary N) is 1. The number of nitrogens with zero attached hydrogens (tertiary/aromatic N) is 5. The zero-order chi connectivity index (χ0) is 30.6. The Morgan fingerprint density at radius 1 is 1.14 bits per heavy atom. The Labute approximate surface area is 257 Å². The molecule has 0 radical (unpaired) electrons. The minimum absolute atomic E-state index is 0.00000854. The van der Waals surface area contributed by atoms with Gasteiger partial charge in [-0.15, -0.1) is 0 Å². The lowest BCUT2D eigenvalue weighted by molar-refractivity contribution is -0.125. The van der Waals surface area contributed by atoms with Gasteiger partial charge in [-0.05, 0) is 69.5 Å². The summed E-state index contributed by atoms with van der Waals surface area (Å²) in [7, 11) is 0. The van der Waals surface area contributed by atoms with Gasteiger partial charge in [0.05, 0.1) is 6.10 Å². The summed E-state index contributed by atoms with van der Waals surface area (Å²) in [6, 6.07) is 6.11. The minimum Gasteiger partial charge on any atom is -0.392 e. The number of Topliss-reactive ketones (excluding diaryl/α,β-unsaturated/α-hetero) is 1. The first-order valence-electron chi connectivity index (χ1n) is 14.5. The molecule has 1 amide bonds. The highest BCUT2D eigenvalue weighted by molar-refractivity contribution is 6.32. The van der Waals surface area contributed by atoms with E-state index in [2.05, 4.69) is 36.9 Å². The third kappa shape index (κ3) is 7.69. The van der Waals surface area contributed by atoms with Crippen LogP contribution in [0.2, 0.25) is 10.2 Å². The molecule has 2 saturated heterocycles. The first kappa shape index (κ1) is 32.4. The SMILES string of the molecule is CC[C@H]1CN(c2nc(N)c(C(=O)NC[C@@H](C)O)nc2Cl)CCN1C1CCN(Cc2ccc(Cl)cc2[C@H](O)C(C)=O)CC1. The summed E-state index contributed by atoms with van der Waals surface area (Å²) in [5.74, 6) is -0.356. The Bertz CT molecular complexity index is 1270. The van der Waals surface area contributed by atoms with Gasteiger partial charge in [-0.1, -0.05) is 36.2 Å². The number of aliphatic hydroxyl groups excluding tert-OH is 2. The molecular weight excluding hydrogens is 581 g/mol. The van der Waals surface area contributed by atoms with Crippen LogP contribution in [-0.4, -0.2) is 99.1 Å². The van der Waals surface area contributed by atoms with Crippen molar-refractivity contribution in [2.45, 2.75) is 70.9 Å². The second-order valence-corrected chi connectivity index (χ2v) is 12.0. The molecule has 5 N–H and O–H groups in total. The molecule has 2 aliphatic heterocycles. The third-order valence-electron chi connectivity index (χ3n) is 8.14. The van der Waals surface area contributed by atoms with Crippen LogP contribution >= 0.6 is 23.2 Å². The summed E-state index contributed by atoms with van der Waals surface area (Å²) < 4.78 is 0. The molecule has 4 rings (SSSR count). The van der Waals surface area contributed by atoms with E-state index in [9.17, 15) is 19.8 Å². The Morgan fingerprint density at radius 3 is 2.50 bits per heavy atom. The topological polar surface area (TPSA) is 148 Å². The molecule has 2 aromatic rings. The van der Waals surface area contributed by atoms with Gasteiger partial charge in [-0.3, -0.25) is 19.4 Å². The molecule has 230 valence electrons. The maximum absolute atomic E-state index is 12.4. The molecule has 3 heterocycles. The Hall–Kier alpha value is -2.54. The first-order chi connectivity index (χ1) is 20.0. The lowest BCUT2D eigenvalue weighted by Crippen LogP contribution is -2.58. The van der Waals surface area contributed by atoms with Gasteiger partial charge in [0.25, 0.3) is 5.91 Å². The predicted octanol–water partition coefficient (Wildman–Crippen LogP) is 2.66. The van der Waals surface area contributed by atoms with Gasteiger partial charge in [0, 0.05) is 49.8 Å². The van der Waals surface area contributed by atoms with Crippen LogP contribution in [0.3, 0.4) is 0 Å². The van der Waals surface area contributed by atoms with Crippen LogP contribution in [0.4, 0.5) is 11.6 Å². The van der Waals surface area contributed by atoms with E-state index in [1.165, 1.54) is 6.92 Å². The molecule has 42 heavy (non-hydrogen) atoms. The minimum atomic E-state index is -1.17. The molecular formula is C29H41Cl2N7O4. The molecule has 3 atom stereocenters. The van der Waals surface area contributed by atoms with Crippen LogP contribution in [0.1, 0.15) is 67.8 Å². The smallest absolute Gasteiger partial charge is 0.273 e. The molecule has 0 spiro atoms. The van der Waals surface area contributed by atoms with Gasteiger partial charge in [-0.2, -0.15) is 0 Å². The largest absolute Gasteiger partial charge is 0.392 e. The van der Waals surface area contributed by atoms with Crippen molar-refractivity contribution in [2.75, 3.05) is 49.9 Å². The lowest BCUT2D eigenvalue weighted by atomic mass is 9.96. The van der Waals surface area contributed by atoms with E-state index in [-0.39, 0.29) is 35.0 Å². The molecule has 0 saturated carbocycles. The number of rotatable bonds is 10. The molecule has 2 aliphatic rings. The first-order valence-corrected chi connectivity index (χ1v) is 15.2. The highest BCUT2D eigenvalue weighted by Gasteiger charge is 2.35. The van der Waals surface area contributed by atoms with E-state index in [0.29, 0.717) is 35.5 Å². The number of ketones is 1. The summed E-state index contributed by atoms with van der Waals surface area (Å²) in [5.41, 5.74) is 7.54. The summed E-state index contributed by atoms with van der Waals surface area (Å²) in [6.45, 7) is 9.93. The maximum Gasteiger partial charge on any atom is 0.273 e. The van der Waals surface area contributed by atoms with Gasteiger partial charge in [0.2, 0.25) is 0 Å². The predicted molar refractivity (Wildman–Crippen MR) is 164 cm³/mol. The van der Waals surface area contributed by atoms with E-state index in [0.717, 1.165) is 51.0 Å². The number of piperazine rings is 1. The van der Waals surface area contributed by atoms with E-state index in [4.69, 9.17) is 28.9 Å². The normalized spacial score (nSPS) is 20.4. The number of benzene rings is 1. The fourth-order valence-corrected chi connectivity index (χ4v) is 6.28. The molecule has 0 unspecified atom stereocenters. The number of halogens is 2. The van der Waals surface area contributed by atoms with Crippen LogP contribution < -0.4 is 16.0 Å². The van der Waals surface area contributed by atoms with Crippen LogP contribution in [-0.2, 0) is 11.3 Å². The fraction of sp³-hybridized carbons (Fsp3) is 0.586. The molecule has 0 bridgehead atoms. The average Bonchev–Trinajstić information content (AvgIpc) is 2.97. The van der Waals surface area contributed by atoms with Gasteiger partial charge in [-0.25, -0.2) is 9.97 Å². The number of hydrogen-bond donors (Lipinski definition) is 4. The molecule has 1 aromatic heterocycles. The van der Waals surface area contributed by atoms with Gasteiger partial charge >= 0.3 is 0 Å². The Balaban J connectivity index is 1.37. The van der Waals surface area contributed by atoms with E-state index >= 15 is 0 Å². The fourth-order valence-electron chi connectivity index (χ4n) is 5.85. The molecule has 2 fully saturated rings. The second kappa shape index (κ2) is 14.3. The van der Waals surface area contributed by atoms with Crippen molar-refractivity contribution in [3.05, 3.63) is 45.2 Å². The quantitative estimate of drug-likeness (QED) is 0.312. The molecule has 1 aromatic carbocycles. The number of anilines is 2. The lowest BCUT2D eigenvalue weighted by Gasteiger charge is -2.47. The summed E-state index contributed by atoms with van der Waals surface area (Å²) in [5, 5.41) is 23.1. The van der Waals surface area contributed by atoms with Crippen molar-refractivity contribution in [1.29, 1.82) is 0 Å². The van der Waals surface area contributed by atoms with E-state index in [1.54, 1.807) is 19.1 Å². The Morgan fingerprint density at radius 2 is 1.86 bits per heavy atom. The highest BCUT2D eigenvalue weighted by atomic mass is 35.5. The van der Waals surface area contributed by atoms with Crippen molar-refractivity contribution >= 4 is 46.5 Å². The summed E-state index contributed by atoms with van der Waals surface area (Å²) in [6.07, 6.45) is 1.11. The van der Waals surface area contributed by atoms with E-state index < -0.39 is 18.1 Å². The summed E-state index contributed by atoms with van der Waals surface area (Å²) in [4.78, 5) is 40.0. The van der Waals surface area contributed by atoms with E-state index in [1.807, 2.05) is 6.07 Å². The number of carbonyl (C=O) groups is 2. The number of likely N-dealkylation sites (tertiary alicyclic amines) is 1. The average molecular weight is 623 g/mol. The van der Waals surface area contributed by atoms with Crippen LogP contribution in [0, 0.1) is 0 Å². The van der Waals surface area contributed by atoms with Crippen LogP contribution in [0.5, 0.6) is 0 Å². The number of hydrogen-bond acceptors (Lipinski definition) is 10. The number of nitrogens with two attached hydrogens (primary N) is 1. The number of aromatic nitrogens is 2. The second-order valence-electron chi connectivity index (χ2n) is 11.2. The monoisotopic (exact) mass is 621 g/mol. The molecule has 13 heteroatoms. The summed E-state index contributed by atoms with van der Waals surface area (Å²) >= 11 is 12.7. The standard InChI is InChI=1S/C29H41Cl2N7O4/c1-4-21-16-37(28-26(31)34-24(27(32)35-28)29(42)33-14-17(2)39)11-12-38(21)22-7-9-36(10-8-22)15-19-5-6-20(30)13-23(19)25(41)18(3)40/h5-6,13,17,21-22,25,39,41H,4,7-12,14-16H2,1-3H3,(H2,32,35)(H,33,42)/t17-,21+,25-/m1/s1. The molecule has 11 nitrogen and oxygen atoms in total. The van der Waals surface area contributed by atoms with Gasteiger partial charge in [0.1, 0.15) is 6.10 Å². The van der Waals surface area contributed by atoms with Crippen LogP contribution in [0.15, 0.2) is 18.2 Å². The number of piperidine rings is 1. The third-order valence-corrected chi connectivity index (χ3v) is 8.63. The number of nitrogen functional groups attached to an aromatic ring is 1. The van der Waals surface area contributed by atoms with Gasteiger partial charge in [0.15, 0.2) is 28.3 Å². The molecule has 0 aliphatic carbocycles. The van der Waals surface area contributed by atoms with Crippen molar-refractivity contribution in [2.24, 2.45) is 0 Å². The zero-order valence-electron chi connectivity index (χ0n) is 24.4. The maximum atomic E-state index is 12.4. The highest BCUT2D eigenvalue weighted by Crippen LogP contribution is 2.31. The number of carbonyl (C=O) groups excluding carboxylic acids is 2. The Kier molecular flexibility index (Phi) is 11.0. The van der Waals surface area contributed by atoms with Gasteiger partial charge < -0.3 is 26.2 Å². The van der Waals surface area contributed by atoms with Crippen molar-refractivity contribution in [3.8, 4) is 0 Å². The zero-order valence-corrected chi connectivity index (χ0v) is 25.9.